The van der Waals surface area contributed by atoms with E-state index in [4.69, 9.17) is 0 Å². The third-order valence-corrected chi connectivity index (χ3v) is 3.74. The van der Waals surface area contributed by atoms with Crippen LogP contribution in [0.15, 0.2) is 59.1 Å². The zero-order chi connectivity index (χ0) is 17.0. The van der Waals surface area contributed by atoms with Gasteiger partial charge in [-0.3, -0.25) is 15.0 Å². The minimum Gasteiger partial charge on any atom is -0.267 e. The zero-order valence-corrected chi connectivity index (χ0v) is 14.9. The van der Waals surface area contributed by atoms with Gasteiger partial charge in [0.1, 0.15) is 0 Å². The molecule has 0 fully saturated rings. The van der Waals surface area contributed by atoms with Gasteiger partial charge in [0, 0.05) is 15.6 Å². The Morgan fingerprint density at radius 2 is 1.48 bits per heavy atom. The fourth-order valence-corrected chi connectivity index (χ4v) is 2.26. The Hall–Kier alpha value is -2.14. The van der Waals surface area contributed by atoms with Crippen molar-refractivity contribution >= 4 is 27.7 Å². The average molecular weight is 375 g/mol. The smallest absolute Gasteiger partial charge is 0.267 e. The van der Waals surface area contributed by atoms with Crippen LogP contribution in [0.3, 0.4) is 0 Å². The van der Waals surface area contributed by atoms with Gasteiger partial charge in [0.25, 0.3) is 11.8 Å². The number of hydrazine groups is 1. The van der Waals surface area contributed by atoms with E-state index >= 15 is 0 Å². The molecule has 0 aliphatic carbocycles. The van der Waals surface area contributed by atoms with Gasteiger partial charge < -0.3 is 0 Å². The van der Waals surface area contributed by atoms with Crippen LogP contribution in [0, 0.1) is 0 Å². The van der Waals surface area contributed by atoms with Crippen LogP contribution in [0.2, 0.25) is 0 Å². The summed E-state index contributed by atoms with van der Waals surface area (Å²) in [6.45, 7) is 5.61. The van der Waals surface area contributed by atoms with E-state index in [9.17, 15) is 9.59 Å². The highest BCUT2D eigenvalue weighted by Crippen LogP contribution is 2.16. The molecule has 5 heteroatoms. The number of benzene rings is 2. The monoisotopic (exact) mass is 374 g/mol. The standard InChI is InChI=1S/C18H19BrN2O2/c1-18(2,3)21(17(23)14-7-5-4-6-8-14)20-16(22)13-9-11-15(19)12-10-13/h4-12H,1-3H3,(H,20,22). The number of nitrogens with one attached hydrogen (secondary N) is 1. The van der Waals surface area contributed by atoms with Crippen molar-refractivity contribution in [3.8, 4) is 0 Å². The van der Waals surface area contributed by atoms with Crippen molar-refractivity contribution in [2.24, 2.45) is 0 Å². The van der Waals surface area contributed by atoms with Crippen LogP contribution in [0.5, 0.6) is 0 Å². The van der Waals surface area contributed by atoms with E-state index in [0.29, 0.717) is 11.1 Å². The number of hydrogen-bond donors (Lipinski definition) is 1. The molecule has 23 heavy (non-hydrogen) atoms. The van der Waals surface area contributed by atoms with E-state index < -0.39 is 5.54 Å². The molecule has 2 rings (SSSR count). The second kappa shape index (κ2) is 6.96. The molecule has 1 N–H and O–H groups in total. The molecule has 0 bridgehead atoms. The maximum atomic E-state index is 12.7. The summed E-state index contributed by atoms with van der Waals surface area (Å²) >= 11 is 3.33. The van der Waals surface area contributed by atoms with Crippen LogP contribution in [-0.4, -0.2) is 22.4 Å². The van der Waals surface area contributed by atoms with Crippen molar-refractivity contribution in [2.75, 3.05) is 0 Å². The van der Waals surface area contributed by atoms with Crippen molar-refractivity contribution in [1.29, 1.82) is 0 Å². The molecule has 0 spiro atoms. The summed E-state index contributed by atoms with van der Waals surface area (Å²) in [5, 5.41) is 1.37. The highest BCUT2D eigenvalue weighted by Gasteiger charge is 2.29. The van der Waals surface area contributed by atoms with Gasteiger partial charge in [-0.2, -0.15) is 0 Å². The van der Waals surface area contributed by atoms with Crippen LogP contribution in [0.4, 0.5) is 0 Å². The first-order chi connectivity index (χ1) is 10.8. The maximum Gasteiger partial charge on any atom is 0.272 e. The van der Waals surface area contributed by atoms with E-state index in [2.05, 4.69) is 21.4 Å². The molecule has 120 valence electrons. The minimum atomic E-state index is -0.558. The van der Waals surface area contributed by atoms with Crippen LogP contribution < -0.4 is 5.43 Å². The van der Waals surface area contributed by atoms with Gasteiger partial charge in [0.2, 0.25) is 0 Å². The van der Waals surface area contributed by atoms with Gasteiger partial charge in [-0.15, -0.1) is 0 Å². The first-order valence-electron chi connectivity index (χ1n) is 7.25. The third kappa shape index (κ3) is 4.42. The van der Waals surface area contributed by atoms with Gasteiger partial charge in [-0.1, -0.05) is 34.1 Å². The van der Waals surface area contributed by atoms with Gasteiger partial charge >= 0.3 is 0 Å². The Morgan fingerprint density at radius 1 is 0.913 bits per heavy atom. The van der Waals surface area contributed by atoms with Crippen molar-refractivity contribution < 1.29 is 9.59 Å². The SMILES string of the molecule is CC(C)(C)N(NC(=O)c1ccc(Br)cc1)C(=O)c1ccccc1. The van der Waals surface area contributed by atoms with E-state index in [0.717, 1.165) is 4.47 Å². The highest BCUT2D eigenvalue weighted by molar-refractivity contribution is 9.10. The normalized spacial score (nSPS) is 11.0. The Kier molecular flexibility index (Phi) is 5.21. The average Bonchev–Trinajstić information content (AvgIpc) is 2.52. The topological polar surface area (TPSA) is 49.4 Å². The molecule has 0 radical (unpaired) electrons. The van der Waals surface area contributed by atoms with Gasteiger partial charge in [-0.25, -0.2) is 5.01 Å². The number of carbonyl (C=O) groups is 2. The fraction of sp³-hybridized carbons (Fsp3) is 0.222. The summed E-state index contributed by atoms with van der Waals surface area (Å²) in [5.41, 5.74) is 3.18. The largest absolute Gasteiger partial charge is 0.272 e. The van der Waals surface area contributed by atoms with E-state index in [1.807, 2.05) is 26.8 Å². The van der Waals surface area contributed by atoms with Crippen LogP contribution >= 0.6 is 15.9 Å². The van der Waals surface area contributed by atoms with Crippen LogP contribution in [0.1, 0.15) is 41.5 Å². The van der Waals surface area contributed by atoms with Crippen molar-refractivity contribution in [3.63, 3.8) is 0 Å². The first kappa shape index (κ1) is 17.2. The molecule has 0 saturated heterocycles. The molecule has 0 unspecified atom stereocenters. The third-order valence-electron chi connectivity index (χ3n) is 3.21. The van der Waals surface area contributed by atoms with Gasteiger partial charge in [-0.05, 0) is 57.2 Å². The second-order valence-corrected chi connectivity index (χ2v) is 7.04. The molecule has 0 heterocycles. The number of amides is 2. The first-order valence-corrected chi connectivity index (χ1v) is 8.04. The van der Waals surface area contributed by atoms with Crippen molar-refractivity contribution in [2.45, 2.75) is 26.3 Å². The van der Waals surface area contributed by atoms with Gasteiger partial charge in [0.15, 0.2) is 0 Å². The molecule has 2 aromatic rings. The lowest BCUT2D eigenvalue weighted by Crippen LogP contribution is -2.55. The summed E-state index contributed by atoms with van der Waals surface area (Å²) in [7, 11) is 0. The molecule has 2 amide bonds. The van der Waals surface area contributed by atoms with E-state index in [-0.39, 0.29) is 11.8 Å². The molecule has 0 aliphatic heterocycles. The molecule has 2 aromatic carbocycles. The number of hydrogen-bond acceptors (Lipinski definition) is 2. The summed E-state index contributed by atoms with van der Waals surface area (Å²) in [6.07, 6.45) is 0. The fourth-order valence-electron chi connectivity index (χ4n) is 2.00. The Morgan fingerprint density at radius 3 is 2.00 bits per heavy atom. The maximum absolute atomic E-state index is 12.7. The second-order valence-electron chi connectivity index (χ2n) is 6.13. The van der Waals surface area contributed by atoms with Crippen LogP contribution in [0.25, 0.3) is 0 Å². The molecular weight excluding hydrogens is 356 g/mol. The predicted molar refractivity (Wildman–Crippen MR) is 94.0 cm³/mol. The number of rotatable bonds is 2. The summed E-state index contributed by atoms with van der Waals surface area (Å²) in [4.78, 5) is 25.1. The van der Waals surface area contributed by atoms with Crippen molar-refractivity contribution in [1.82, 2.24) is 10.4 Å². The summed E-state index contributed by atoms with van der Waals surface area (Å²) < 4.78 is 0.891. The zero-order valence-electron chi connectivity index (χ0n) is 13.3. The highest BCUT2D eigenvalue weighted by atomic mass is 79.9. The summed E-state index contributed by atoms with van der Waals surface area (Å²) in [5.74, 6) is -0.569. The number of nitrogens with zero attached hydrogens (tertiary/aromatic N) is 1. The Labute approximate surface area is 144 Å². The van der Waals surface area contributed by atoms with Gasteiger partial charge in [0.05, 0.1) is 5.54 Å². The van der Waals surface area contributed by atoms with Crippen molar-refractivity contribution in [3.05, 3.63) is 70.2 Å². The van der Waals surface area contributed by atoms with Crippen LogP contribution in [-0.2, 0) is 0 Å². The lowest BCUT2D eigenvalue weighted by atomic mass is 10.1. The lowest BCUT2D eigenvalue weighted by molar-refractivity contribution is 0.0358. The van der Waals surface area contributed by atoms with E-state index in [1.54, 1.807) is 48.5 Å². The molecular formula is C18H19BrN2O2. The quantitative estimate of drug-likeness (QED) is 0.806. The molecule has 0 atom stereocenters. The van der Waals surface area contributed by atoms with E-state index in [1.165, 1.54) is 5.01 Å². The molecule has 0 aromatic heterocycles. The lowest BCUT2D eigenvalue weighted by Gasteiger charge is -2.35. The molecule has 0 aliphatic rings. The predicted octanol–water partition coefficient (Wildman–Crippen LogP) is 4.03. The summed E-state index contributed by atoms with van der Waals surface area (Å²) in [6, 6.07) is 15.9. The molecule has 4 nitrogen and oxygen atoms in total. The Bertz CT molecular complexity index is 691. The minimum absolute atomic E-state index is 0.247. The molecule has 0 saturated carbocycles. The Balaban J connectivity index is 2.24. The number of halogens is 1. The number of carbonyl (C=O) groups excluding carboxylic acids is 2.